The Morgan fingerprint density at radius 1 is 1.30 bits per heavy atom. The van der Waals surface area contributed by atoms with Crippen LogP contribution in [0.5, 0.6) is 0 Å². The number of nitrogens with zero attached hydrogens (tertiary/aromatic N) is 3. The number of carbonyl (C=O) groups excluding carboxylic acids is 2. The van der Waals surface area contributed by atoms with Gasteiger partial charge in [-0.15, -0.1) is 0 Å². The van der Waals surface area contributed by atoms with E-state index in [0.29, 0.717) is 18.2 Å². The van der Waals surface area contributed by atoms with E-state index in [4.69, 9.17) is 10.7 Å². The molecule has 2 aromatic rings. The highest BCUT2D eigenvalue weighted by Crippen LogP contribution is 2.37. The Hall–Kier alpha value is -2.96. The Balaban J connectivity index is 1.51. The Kier molecular flexibility index (Phi) is 5.45. The van der Waals surface area contributed by atoms with Crippen LogP contribution in [0.25, 0.3) is 11.1 Å². The lowest BCUT2D eigenvalue weighted by atomic mass is 9.76. The molecule has 0 radical (unpaired) electrons. The van der Waals surface area contributed by atoms with Gasteiger partial charge in [-0.3, -0.25) is 19.7 Å². The molecule has 7 nitrogen and oxygen atoms in total. The second kappa shape index (κ2) is 8.05. The van der Waals surface area contributed by atoms with Crippen molar-refractivity contribution in [2.24, 2.45) is 22.6 Å². The van der Waals surface area contributed by atoms with Crippen molar-refractivity contribution in [2.75, 3.05) is 13.1 Å². The van der Waals surface area contributed by atoms with E-state index in [-0.39, 0.29) is 17.6 Å². The molecule has 3 heterocycles. The molecule has 0 bridgehead atoms. The van der Waals surface area contributed by atoms with Gasteiger partial charge in [0.1, 0.15) is 5.54 Å². The zero-order valence-corrected chi connectivity index (χ0v) is 17.6. The summed E-state index contributed by atoms with van der Waals surface area (Å²) in [5.74, 6) is 1.26. The number of aromatic nitrogens is 2. The lowest BCUT2D eigenvalue weighted by molar-refractivity contribution is -0.130. The summed E-state index contributed by atoms with van der Waals surface area (Å²) in [6, 6.07) is 7.87. The highest BCUT2D eigenvalue weighted by molar-refractivity contribution is 6.00. The Morgan fingerprint density at radius 2 is 2.07 bits per heavy atom. The zero-order valence-electron chi connectivity index (χ0n) is 17.6. The molecule has 1 aromatic heterocycles. The van der Waals surface area contributed by atoms with Crippen LogP contribution in [-0.2, 0) is 15.1 Å². The number of piperidine rings is 1. The number of carbonyl (C=O) groups is 2. The number of amidine groups is 1. The number of hydrogen-bond donors (Lipinski definition) is 2. The van der Waals surface area contributed by atoms with Crippen molar-refractivity contribution in [3.8, 4) is 11.1 Å². The van der Waals surface area contributed by atoms with Crippen molar-refractivity contribution in [2.45, 2.75) is 45.1 Å². The lowest BCUT2D eigenvalue weighted by Crippen LogP contribution is -2.44. The minimum atomic E-state index is -0.960. The van der Waals surface area contributed by atoms with Crippen molar-refractivity contribution < 1.29 is 9.59 Å². The third kappa shape index (κ3) is 3.88. The molecule has 4 rings (SSSR count). The minimum Gasteiger partial charge on any atom is -0.387 e. The summed E-state index contributed by atoms with van der Waals surface area (Å²) in [6.45, 7) is 5.05. The molecule has 2 unspecified atom stereocenters. The predicted molar refractivity (Wildman–Crippen MR) is 116 cm³/mol. The molecule has 1 saturated heterocycles. The summed E-state index contributed by atoms with van der Waals surface area (Å²) in [5, 5.41) is 6.82. The van der Waals surface area contributed by atoms with E-state index < -0.39 is 5.54 Å². The largest absolute Gasteiger partial charge is 0.387 e. The fourth-order valence-electron chi connectivity index (χ4n) is 4.66. The number of nitrogens with one attached hydrogen (secondary N) is 1. The van der Waals surface area contributed by atoms with E-state index in [2.05, 4.69) is 10.2 Å². The maximum Gasteiger partial charge on any atom is 0.219 e. The van der Waals surface area contributed by atoms with Crippen LogP contribution in [0.1, 0.15) is 45.1 Å². The second-order valence-corrected chi connectivity index (χ2v) is 8.69. The number of likely N-dealkylation sites (tertiary alicyclic amines) is 1. The second-order valence-electron chi connectivity index (χ2n) is 8.69. The number of Topliss-reactive ketones (excluding diaryl/α,β-unsaturated/α-hetero) is 1. The normalized spacial score (nSPS) is 25.3. The van der Waals surface area contributed by atoms with E-state index in [1.165, 1.54) is 0 Å². The van der Waals surface area contributed by atoms with Crippen LogP contribution in [0.4, 0.5) is 0 Å². The van der Waals surface area contributed by atoms with Crippen molar-refractivity contribution >= 4 is 17.5 Å². The standard InChI is InChI=1S/C23H29N5O2/c1-15(29)28-8-6-16(7-9-28)10-18-12-21(30)23(2,27-22(18)24)20-5-3-4-17(11-20)19-13-25-26-14-19/h3-5,11,13-14,16,18H,6-10,12H2,1-2H3,(H2,24,27)(H,25,26). The Morgan fingerprint density at radius 3 is 2.73 bits per heavy atom. The molecule has 7 heteroatoms. The van der Waals surface area contributed by atoms with Gasteiger partial charge < -0.3 is 10.6 Å². The van der Waals surface area contributed by atoms with Gasteiger partial charge in [0.2, 0.25) is 5.91 Å². The van der Waals surface area contributed by atoms with Gasteiger partial charge in [-0.2, -0.15) is 5.10 Å². The maximum absolute atomic E-state index is 13.2. The summed E-state index contributed by atoms with van der Waals surface area (Å²) in [5.41, 5.74) is 8.24. The summed E-state index contributed by atoms with van der Waals surface area (Å²) < 4.78 is 0. The lowest BCUT2D eigenvalue weighted by Gasteiger charge is -2.36. The van der Waals surface area contributed by atoms with Crippen LogP contribution >= 0.6 is 0 Å². The molecule has 0 aliphatic carbocycles. The van der Waals surface area contributed by atoms with E-state index in [1.54, 1.807) is 13.1 Å². The first-order valence-corrected chi connectivity index (χ1v) is 10.6. The summed E-state index contributed by atoms with van der Waals surface area (Å²) in [4.78, 5) is 31.4. The zero-order chi connectivity index (χ0) is 21.3. The first-order chi connectivity index (χ1) is 14.4. The minimum absolute atomic E-state index is 0.0171. The van der Waals surface area contributed by atoms with Gasteiger partial charge in [-0.05, 0) is 49.3 Å². The number of aromatic amines is 1. The van der Waals surface area contributed by atoms with E-state index in [9.17, 15) is 9.59 Å². The fraction of sp³-hybridized carbons (Fsp3) is 0.478. The molecule has 1 fully saturated rings. The molecule has 2 atom stereocenters. The topological polar surface area (TPSA) is 104 Å². The Labute approximate surface area is 176 Å². The SMILES string of the molecule is CC(=O)N1CCC(CC2CC(=O)C(C)(c3cccc(-c4cn[nH]c4)c3)N=C2N)CC1. The summed E-state index contributed by atoms with van der Waals surface area (Å²) in [6.07, 6.45) is 6.78. The number of nitrogens with two attached hydrogens (primary N) is 1. The molecule has 2 aliphatic heterocycles. The first-order valence-electron chi connectivity index (χ1n) is 10.6. The fourth-order valence-corrected chi connectivity index (χ4v) is 4.66. The van der Waals surface area contributed by atoms with E-state index in [0.717, 1.165) is 49.0 Å². The molecule has 30 heavy (non-hydrogen) atoms. The number of H-pyrrole nitrogens is 1. The summed E-state index contributed by atoms with van der Waals surface area (Å²) in [7, 11) is 0. The average molecular weight is 408 g/mol. The van der Waals surface area contributed by atoms with Gasteiger partial charge in [0.05, 0.1) is 12.0 Å². The molecular formula is C23H29N5O2. The molecule has 0 saturated carbocycles. The molecular weight excluding hydrogens is 378 g/mol. The maximum atomic E-state index is 13.2. The number of ketones is 1. The van der Waals surface area contributed by atoms with Crippen LogP contribution < -0.4 is 5.73 Å². The van der Waals surface area contributed by atoms with Crippen molar-refractivity contribution in [3.05, 3.63) is 42.2 Å². The van der Waals surface area contributed by atoms with Gasteiger partial charge in [-0.25, -0.2) is 0 Å². The number of benzene rings is 1. The average Bonchev–Trinajstić information content (AvgIpc) is 3.27. The summed E-state index contributed by atoms with van der Waals surface area (Å²) >= 11 is 0. The third-order valence-electron chi connectivity index (χ3n) is 6.68. The van der Waals surface area contributed by atoms with Crippen LogP contribution in [0, 0.1) is 11.8 Å². The van der Waals surface area contributed by atoms with Crippen LogP contribution in [0.15, 0.2) is 41.7 Å². The Bertz CT molecular complexity index is 960. The van der Waals surface area contributed by atoms with Gasteiger partial charge in [0.25, 0.3) is 0 Å². The van der Waals surface area contributed by atoms with Gasteiger partial charge in [-0.1, -0.05) is 18.2 Å². The van der Waals surface area contributed by atoms with Gasteiger partial charge in [0.15, 0.2) is 5.78 Å². The van der Waals surface area contributed by atoms with Gasteiger partial charge >= 0.3 is 0 Å². The van der Waals surface area contributed by atoms with E-state index >= 15 is 0 Å². The molecule has 0 spiro atoms. The quantitative estimate of drug-likeness (QED) is 0.813. The van der Waals surface area contributed by atoms with E-state index in [1.807, 2.05) is 42.3 Å². The van der Waals surface area contributed by atoms with Crippen LogP contribution in [0.2, 0.25) is 0 Å². The number of aliphatic imine (C=N–C) groups is 1. The molecule has 1 aromatic carbocycles. The molecule has 2 aliphatic rings. The third-order valence-corrected chi connectivity index (χ3v) is 6.68. The van der Waals surface area contributed by atoms with Crippen LogP contribution in [-0.4, -0.2) is 45.7 Å². The van der Waals surface area contributed by atoms with Crippen LogP contribution in [0.3, 0.4) is 0 Å². The highest BCUT2D eigenvalue weighted by Gasteiger charge is 2.41. The van der Waals surface area contributed by atoms with Crippen molar-refractivity contribution in [1.29, 1.82) is 0 Å². The van der Waals surface area contributed by atoms with Gasteiger partial charge in [0, 0.05) is 44.1 Å². The highest BCUT2D eigenvalue weighted by atomic mass is 16.2. The molecule has 158 valence electrons. The number of amides is 1. The molecule has 3 N–H and O–H groups in total. The number of hydrogen-bond acceptors (Lipinski definition) is 5. The smallest absolute Gasteiger partial charge is 0.219 e. The molecule has 1 amide bonds. The monoisotopic (exact) mass is 407 g/mol. The van der Waals surface area contributed by atoms with Crippen molar-refractivity contribution in [1.82, 2.24) is 15.1 Å². The predicted octanol–water partition coefficient (Wildman–Crippen LogP) is 2.89. The first kappa shape index (κ1) is 20.3. The number of rotatable bonds is 4. The van der Waals surface area contributed by atoms with Crippen molar-refractivity contribution in [3.63, 3.8) is 0 Å².